The van der Waals surface area contributed by atoms with Gasteiger partial charge in [0.1, 0.15) is 5.75 Å². The van der Waals surface area contributed by atoms with E-state index in [-0.39, 0.29) is 22.4 Å². The van der Waals surface area contributed by atoms with Crippen molar-refractivity contribution in [3.8, 4) is 5.75 Å². The highest BCUT2D eigenvalue weighted by atomic mass is 32.2. The highest BCUT2D eigenvalue weighted by Crippen LogP contribution is 2.35. The first kappa shape index (κ1) is 19.9. The van der Waals surface area contributed by atoms with Crippen molar-refractivity contribution in [1.82, 2.24) is 4.31 Å². The van der Waals surface area contributed by atoms with Gasteiger partial charge in [-0.05, 0) is 56.0 Å². The van der Waals surface area contributed by atoms with Crippen molar-refractivity contribution in [2.24, 2.45) is 0 Å². The zero-order valence-electron chi connectivity index (χ0n) is 16.8. The molecule has 1 fully saturated rings. The Morgan fingerprint density at radius 3 is 2.52 bits per heavy atom. The van der Waals surface area contributed by atoms with Gasteiger partial charge >= 0.3 is 0 Å². The van der Waals surface area contributed by atoms with E-state index in [1.165, 1.54) is 23.5 Å². The molecular formula is C22H26N2O4S. The maximum Gasteiger partial charge on any atom is 0.262 e. The first-order valence-corrected chi connectivity index (χ1v) is 11.5. The number of sulfonamides is 1. The number of methoxy groups -OCH3 is 1. The predicted octanol–water partition coefficient (Wildman–Crippen LogP) is 3.46. The third-order valence-corrected chi connectivity index (χ3v) is 7.67. The van der Waals surface area contributed by atoms with Gasteiger partial charge in [0.05, 0.1) is 17.6 Å². The van der Waals surface area contributed by atoms with Crippen LogP contribution in [-0.2, 0) is 16.4 Å². The summed E-state index contributed by atoms with van der Waals surface area (Å²) < 4.78 is 33.1. The Labute approximate surface area is 172 Å². The molecule has 0 N–H and O–H groups in total. The molecule has 0 saturated carbocycles. The maximum atomic E-state index is 13.5. The number of carbonyl (C=O) groups is 1. The molecule has 154 valence electrons. The van der Waals surface area contributed by atoms with Crippen LogP contribution in [0.25, 0.3) is 0 Å². The number of piperidine rings is 1. The molecule has 0 radical (unpaired) electrons. The Morgan fingerprint density at radius 1 is 1.07 bits per heavy atom. The smallest absolute Gasteiger partial charge is 0.262 e. The van der Waals surface area contributed by atoms with Crippen LogP contribution in [0.1, 0.15) is 42.1 Å². The van der Waals surface area contributed by atoms with E-state index in [2.05, 4.69) is 0 Å². The number of hydrogen-bond donors (Lipinski definition) is 0. The van der Waals surface area contributed by atoms with Gasteiger partial charge in [-0.2, -0.15) is 4.31 Å². The highest BCUT2D eigenvalue weighted by molar-refractivity contribution is 7.89. The van der Waals surface area contributed by atoms with Crippen molar-refractivity contribution in [1.29, 1.82) is 0 Å². The first-order chi connectivity index (χ1) is 13.9. The lowest BCUT2D eigenvalue weighted by Crippen LogP contribution is -2.37. The average Bonchev–Trinajstić information content (AvgIpc) is 3.09. The van der Waals surface area contributed by atoms with Gasteiger partial charge in [0, 0.05) is 24.8 Å². The molecule has 2 aromatic carbocycles. The van der Waals surface area contributed by atoms with Gasteiger partial charge in [0.2, 0.25) is 10.0 Å². The summed E-state index contributed by atoms with van der Waals surface area (Å²) in [5, 5.41) is 0. The van der Waals surface area contributed by atoms with Crippen molar-refractivity contribution in [2.45, 2.75) is 43.5 Å². The molecular weight excluding hydrogens is 388 g/mol. The SMILES string of the molecule is COc1ccc(S(=O)(=O)N2CCCCC2)cc1C(=O)N1c2ccccc2CC1C. The summed E-state index contributed by atoms with van der Waals surface area (Å²) in [7, 11) is -2.14. The van der Waals surface area contributed by atoms with Gasteiger partial charge in [-0.1, -0.05) is 24.6 Å². The second-order valence-electron chi connectivity index (χ2n) is 7.68. The summed E-state index contributed by atoms with van der Waals surface area (Å²) in [4.78, 5) is 15.4. The highest BCUT2D eigenvalue weighted by Gasteiger charge is 2.34. The van der Waals surface area contributed by atoms with Crippen LogP contribution in [0.4, 0.5) is 5.69 Å². The monoisotopic (exact) mass is 414 g/mol. The van der Waals surface area contributed by atoms with E-state index in [1.54, 1.807) is 11.0 Å². The zero-order valence-corrected chi connectivity index (χ0v) is 17.6. The molecule has 0 aromatic heterocycles. The molecule has 7 heteroatoms. The van der Waals surface area contributed by atoms with Crippen LogP contribution < -0.4 is 9.64 Å². The number of nitrogens with zero attached hydrogens (tertiary/aromatic N) is 2. The molecule has 0 spiro atoms. The molecule has 1 atom stereocenters. The minimum Gasteiger partial charge on any atom is -0.496 e. The Hall–Kier alpha value is -2.38. The van der Waals surface area contributed by atoms with E-state index in [0.717, 1.165) is 36.9 Å². The van der Waals surface area contributed by atoms with Crippen molar-refractivity contribution in [2.75, 3.05) is 25.1 Å². The van der Waals surface area contributed by atoms with Gasteiger partial charge in [0.25, 0.3) is 5.91 Å². The third-order valence-electron chi connectivity index (χ3n) is 5.78. The number of para-hydroxylation sites is 1. The normalized spacial score (nSPS) is 19.8. The van der Waals surface area contributed by atoms with Gasteiger partial charge in [-0.3, -0.25) is 4.79 Å². The number of benzene rings is 2. The second kappa shape index (κ2) is 7.80. The molecule has 2 heterocycles. The molecule has 2 aliphatic heterocycles. The number of rotatable bonds is 4. The van der Waals surface area contributed by atoms with Crippen molar-refractivity contribution < 1.29 is 17.9 Å². The number of carbonyl (C=O) groups excluding carboxylic acids is 1. The van der Waals surface area contributed by atoms with Crippen LogP contribution >= 0.6 is 0 Å². The topological polar surface area (TPSA) is 66.9 Å². The van der Waals surface area contributed by atoms with Crippen molar-refractivity contribution >= 4 is 21.6 Å². The van der Waals surface area contributed by atoms with E-state index in [0.29, 0.717) is 18.8 Å². The number of fused-ring (bicyclic) bond motifs is 1. The maximum absolute atomic E-state index is 13.5. The molecule has 6 nitrogen and oxygen atoms in total. The van der Waals surface area contributed by atoms with Crippen LogP contribution in [0.15, 0.2) is 47.4 Å². The largest absolute Gasteiger partial charge is 0.496 e. The molecule has 0 aliphatic carbocycles. The summed E-state index contributed by atoms with van der Waals surface area (Å²) in [6.45, 7) is 3.04. The summed E-state index contributed by atoms with van der Waals surface area (Å²) in [6.07, 6.45) is 3.55. The molecule has 1 amide bonds. The van der Waals surface area contributed by atoms with Gasteiger partial charge < -0.3 is 9.64 Å². The van der Waals surface area contributed by atoms with E-state index in [4.69, 9.17) is 4.74 Å². The molecule has 4 rings (SSSR count). The van der Waals surface area contributed by atoms with Crippen molar-refractivity contribution in [3.05, 3.63) is 53.6 Å². The second-order valence-corrected chi connectivity index (χ2v) is 9.62. The number of anilines is 1. The fraction of sp³-hybridized carbons (Fsp3) is 0.409. The molecule has 2 aromatic rings. The molecule has 1 saturated heterocycles. The molecule has 0 bridgehead atoms. The lowest BCUT2D eigenvalue weighted by Gasteiger charge is -2.27. The first-order valence-electron chi connectivity index (χ1n) is 10.0. The van der Waals surface area contributed by atoms with E-state index in [1.807, 2.05) is 31.2 Å². The predicted molar refractivity (Wildman–Crippen MR) is 112 cm³/mol. The van der Waals surface area contributed by atoms with Gasteiger partial charge in [-0.25, -0.2) is 8.42 Å². The molecule has 29 heavy (non-hydrogen) atoms. The van der Waals surface area contributed by atoms with Crippen LogP contribution in [0, 0.1) is 0 Å². The zero-order chi connectivity index (χ0) is 20.6. The third kappa shape index (κ3) is 3.53. The number of hydrogen-bond acceptors (Lipinski definition) is 4. The van der Waals surface area contributed by atoms with E-state index >= 15 is 0 Å². The van der Waals surface area contributed by atoms with Crippen LogP contribution in [-0.4, -0.2) is 44.9 Å². The lowest BCUT2D eigenvalue weighted by molar-refractivity contribution is 0.0978. The average molecular weight is 415 g/mol. The molecule has 1 unspecified atom stereocenters. The number of amides is 1. The summed E-state index contributed by atoms with van der Waals surface area (Å²) >= 11 is 0. The number of ether oxygens (including phenoxy) is 1. The summed E-state index contributed by atoms with van der Waals surface area (Å²) in [6, 6.07) is 12.4. The quantitative estimate of drug-likeness (QED) is 0.768. The Bertz CT molecular complexity index is 1030. The minimum atomic E-state index is -3.63. The fourth-order valence-corrected chi connectivity index (χ4v) is 5.82. The fourth-order valence-electron chi connectivity index (χ4n) is 4.27. The lowest BCUT2D eigenvalue weighted by atomic mass is 10.1. The van der Waals surface area contributed by atoms with E-state index in [9.17, 15) is 13.2 Å². The Kier molecular flexibility index (Phi) is 5.36. The standard InChI is InChI=1S/C22H26N2O4S/c1-16-14-17-8-4-5-9-20(17)24(16)22(25)19-15-18(10-11-21(19)28-2)29(26,27)23-12-6-3-7-13-23/h4-5,8-11,15-16H,3,6-7,12-14H2,1-2H3. The molecule has 2 aliphatic rings. The Morgan fingerprint density at radius 2 is 1.79 bits per heavy atom. The van der Waals surface area contributed by atoms with Crippen LogP contribution in [0.2, 0.25) is 0 Å². The summed E-state index contributed by atoms with van der Waals surface area (Å²) in [5.41, 5.74) is 2.26. The van der Waals surface area contributed by atoms with Crippen molar-refractivity contribution in [3.63, 3.8) is 0 Å². The minimum absolute atomic E-state index is 0.00744. The van der Waals surface area contributed by atoms with Gasteiger partial charge in [0.15, 0.2) is 0 Å². The van der Waals surface area contributed by atoms with Gasteiger partial charge in [-0.15, -0.1) is 0 Å². The van der Waals surface area contributed by atoms with Crippen LogP contribution in [0.3, 0.4) is 0 Å². The van der Waals surface area contributed by atoms with E-state index < -0.39 is 10.0 Å². The summed E-state index contributed by atoms with van der Waals surface area (Å²) in [5.74, 6) is 0.138. The van der Waals surface area contributed by atoms with Crippen LogP contribution in [0.5, 0.6) is 5.75 Å². The Balaban J connectivity index is 1.74.